The van der Waals surface area contributed by atoms with E-state index in [1.807, 2.05) is 23.1 Å². The van der Waals surface area contributed by atoms with Crippen molar-refractivity contribution in [1.82, 2.24) is 0 Å². The minimum absolute atomic E-state index is 0.118. The number of anilines is 1. The fraction of sp³-hybridized carbons (Fsp3) is 0.533. The van der Waals surface area contributed by atoms with Gasteiger partial charge in [0.1, 0.15) is 0 Å². The molecular weight excluding hydrogens is 352 g/mol. The van der Waals surface area contributed by atoms with Gasteiger partial charge in [-0.25, -0.2) is 8.42 Å². The second-order valence-electron chi connectivity index (χ2n) is 5.87. The van der Waals surface area contributed by atoms with Gasteiger partial charge < -0.3 is 19.1 Å². The number of ether oxygens (including phenoxy) is 3. The van der Waals surface area contributed by atoms with Crippen LogP contribution in [0.5, 0.6) is 11.5 Å². The number of amidine groups is 1. The predicted octanol–water partition coefficient (Wildman–Crippen LogP) is 1.14. The van der Waals surface area contributed by atoms with Gasteiger partial charge >= 0.3 is 0 Å². The molecule has 1 aromatic rings. The molecule has 0 amide bonds. The highest BCUT2D eigenvalue weighted by atomic mass is 32.2. The van der Waals surface area contributed by atoms with Crippen molar-refractivity contribution >= 4 is 32.5 Å². The highest BCUT2D eigenvalue weighted by Crippen LogP contribution is 2.40. The van der Waals surface area contributed by atoms with Gasteiger partial charge in [-0.2, -0.15) is 0 Å². The molecule has 0 aliphatic carbocycles. The number of sulfone groups is 1. The van der Waals surface area contributed by atoms with E-state index in [0.717, 1.165) is 16.6 Å². The standard InChI is InChI=1S/C15H18N2O5S2/c1-20-4-5-23-15-16-11-7-24(18,19)8-12(11)17(15)10-2-3-13-14(6-10)22-9-21-13/h2-3,6,11-12H,4-5,7-9H2,1H3/t11-,12-/m1/s1. The number of fused-ring (bicyclic) bond motifs is 2. The van der Waals surface area contributed by atoms with Crippen LogP contribution in [0.25, 0.3) is 0 Å². The molecule has 0 unspecified atom stereocenters. The van der Waals surface area contributed by atoms with E-state index < -0.39 is 9.84 Å². The third kappa shape index (κ3) is 2.84. The molecule has 3 aliphatic rings. The topological polar surface area (TPSA) is 77.4 Å². The molecule has 9 heteroatoms. The van der Waals surface area contributed by atoms with Crippen molar-refractivity contribution in [1.29, 1.82) is 0 Å². The molecule has 2 atom stereocenters. The van der Waals surface area contributed by atoms with Gasteiger partial charge in [-0.3, -0.25) is 4.99 Å². The molecule has 0 N–H and O–H groups in total. The van der Waals surface area contributed by atoms with Gasteiger partial charge in [0.2, 0.25) is 6.79 Å². The monoisotopic (exact) mass is 370 g/mol. The van der Waals surface area contributed by atoms with Gasteiger partial charge in [0.15, 0.2) is 26.5 Å². The summed E-state index contributed by atoms with van der Waals surface area (Å²) in [5.41, 5.74) is 0.882. The van der Waals surface area contributed by atoms with E-state index in [1.54, 1.807) is 18.9 Å². The van der Waals surface area contributed by atoms with Gasteiger partial charge in [0, 0.05) is 24.6 Å². The number of hydrogen-bond donors (Lipinski definition) is 0. The van der Waals surface area contributed by atoms with Crippen LogP contribution in [0.15, 0.2) is 23.2 Å². The van der Waals surface area contributed by atoms with Crippen LogP contribution >= 0.6 is 11.8 Å². The average Bonchev–Trinajstić information content (AvgIpc) is 3.18. The summed E-state index contributed by atoms with van der Waals surface area (Å²) in [6.45, 7) is 0.828. The second kappa shape index (κ2) is 6.12. The number of benzene rings is 1. The number of rotatable bonds is 4. The summed E-state index contributed by atoms with van der Waals surface area (Å²) in [7, 11) is -1.38. The summed E-state index contributed by atoms with van der Waals surface area (Å²) in [5.74, 6) is 2.40. The van der Waals surface area contributed by atoms with E-state index in [-0.39, 0.29) is 30.4 Å². The Kier molecular flexibility index (Phi) is 4.09. The third-order valence-corrected chi connectivity index (χ3v) is 6.89. The SMILES string of the molecule is COCCSC1=N[C@@H]2CS(=O)(=O)C[C@H]2N1c1ccc2c(c1)OCO2. The van der Waals surface area contributed by atoms with Crippen LogP contribution in [0.2, 0.25) is 0 Å². The first-order valence-corrected chi connectivity index (χ1v) is 10.5. The summed E-state index contributed by atoms with van der Waals surface area (Å²) in [6, 6.07) is 5.31. The van der Waals surface area contributed by atoms with Gasteiger partial charge in [-0.05, 0) is 12.1 Å². The largest absolute Gasteiger partial charge is 0.454 e. The Morgan fingerprint density at radius 1 is 1.33 bits per heavy atom. The van der Waals surface area contributed by atoms with Crippen molar-refractivity contribution in [2.75, 3.05) is 42.7 Å². The number of methoxy groups -OCH3 is 1. The van der Waals surface area contributed by atoms with Crippen molar-refractivity contribution < 1.29 is 22.6 Å². The molecule has 1 fully saturated rings. The third-order valence-electron chi connectivity index (χ3n) is 4.26. The number of aliphatic imine (C=N–C) groups is 1. The lowest BCUT2D eigenvalue weighted by molar-refractivity contribution is 0.174. The van der Waals surface area contributed by atoms with Crippen LogP contribution in [0.3, 0.4) is 0 Å². The van der Waals surface area contributed by atoms with Crippen LogP contribution < -0.4 is 14.4 Å². The molecule has 1 aromatic carbocycles. The molecular formula is C15H18N2O5S2. The van der Waals surface area contributed by atoms with Gasteiger partial charge in [0.05, 0.1) is 30.2 Å². The fourth-order valence-electron chi connectivity index (χ4n) is 3.19. The van der Waals surface area contributed by atoms with E-state index in [9.17, 15) is 8.42 Å². The first-order valence-electron chi connectivity index (χ1n) is 7.66. The Morgan fingerprint density at radius 3 is 3.00 bits per heavy atom. The molecule has 24 heavy (non-hydrogen) atoms. The van der Waals surface area contributed by atoms with E-state index in [2.05, 4.69) is 4.99 Å². The summed E-state index contributed by atoms with van der Waals surface area (Å²) in [4.78, 5) is 6.69. The summed E-state index contributed by atoms with van der Waals surface area (Å²) in [5, 5.41) is 0.843. The van der Waals surface area contributed by atoms with Gasteiger partial charge in [-0.15, -0.1) is 0 Å². The van der Waals surface area contributed by atoms with Crippen LogP contribution in [0.1, 0.15) is 0 Å². The highest BCUT2D eigenvalue weighted by molar-refractivity contribution is 8.14. The van der Waals surface area contributed by atoms with Crippen LogP contribution in [-0.4, -0.2) is 63.4 Å². The van der Waals surface area contributed by atoms with E-state index >= 15 is 0 Å². The molecule has 4 rings (SSSR count). The van der Waals surface area contributed by atoms with Crippen molar-refractivity contribution in [3.63, 3.8) is 0 Å². The van der Waals surface area contributed by atoms with Crippen molar-refractivity contribution in [3.8, 4) is 11.5 Å². The average molecular weight is 370 g/mol. The molecule has 0 radical (unpaired) electrons. The van der Waals surface area contributed by atoms with Crippen molar-refractivity contribution in [2.45, 2.75) is 12.1 Å². The molecule has 130 valence electrons. The maximum Gasteiger partial charge on any atom is 0.231 e. The lowest BCUT2D eigenvalue weighted by Gasteiger charge is -2.26. The number of thioether (sulfide) groups is 1. The normalized spacial score (nSPS) is 26.5. The Morgan fingerprint density at radius 2 is 2.17 bits per heavy atom. The van der Waals surface area contributed by atoms with E-state index in [1.165, 1.54) is 0 Å². The van der Waals surface area contributed by atoms with Gasteiger partial charge in [0.25, 0.3) is 0 Å². The fourth-order valence-corrected chi connectivity index (χ4v) is 6.05. The van der Waals surface area contributed by atoms with Crippen molar-refractivity contribution in [3.05, 3.63) is 18.2 Å². The quantitative estimate of drug-likeness (QED) is 0.736. The molecule has 0 bridgehead atoms. The highest BCUT2D eigenvalue weighted by Gasteiger charge is 2.47. The molecule has 3 aliphatic heterocycles. The summed E-state index contributed by atoms with van der Waals surface area (Å²) >= 11 is 1.59. The molecule has 0 spiro atoms. The predicted molar refractivity (Wildman–Crippen MR) is 93.0 cm³/mol. The van der Waals surface area contributed by atoms with E-state index in [4.69, 9.17) is 14.2 Å². The molecule has 0 saturated carbocycles. The Balaban J connectivity index is 1.65. The zero-order valence-electron chi connectivity index (χ0n) is 13.2. The van der Waals surface area contributed by atoms with Crippen LogP contribution in [-0.2, 0) is 14.6 Å². The van der Waals surface area contributed by atoms with Crippen LogP contribution in [0.4, 0.5) is 5.69 Å². The minimum Gasteiger partial charge on any atom is -0.454 e. The van der Waals surface area contributed by atoms with E-state index in [0.29, 0.717) is 18.1 Å². The zero-order chi connectivity index (χ0) is 16.7. The zero-order valence-corrected chi connectivity index (χ0v) is 14.8. The minimum atomic E-state index is -3.05. The molecule has 1 saturated heterocycles. The smallest absolute Gasteiger partial charge is 0.231 e. The number of hydrogen-bond acceptors (Lipinski definition) is 8. The molecule has 7 nitrogen and oxygen atoms in total. The summed E-state index contributed by atoms with van der Waals surface area (Å²) < 4.78 is 39.9. The molecule has 3 heterocycles. The first-order chi connectivity index (χ1) is 11.6. The first kappa shape index (κ1) is 16.0. The lowest BCUT2D eigenvalue weighted by Crippen LogP contribution is -2.39. The number of nitrogens with zero attached hydrogens (tertiary/aromatic N) is 2. The Labute approximate surface area is 144 Å². The maximum atomic E-state index is 12.0. The van der Waals surface area contributed by atoms with Gasteiger partial charge in [-0.1, -0.05) is 11.8 Å². The van der Waals surface area contributed by atoms with Crippen LogP contribution in [0, 0.1) is 0 Å². The molecule has 0 aromatic heterocycles. The lowest BCUT2D eigenvalue weighted by atomic mass is 10.1. The Hall–Kier alpha value is -1.45. The maximum absolute atomic E-state index is 12.0. The van der Waals surface area contributed by atoms with Crippen molar-refractivity contribution in [2.24, 2.45) is 4.99 Å². The second-order valence-corrected chi connectivity index (χ2v) is 9.09. The summed E-state index contributed by atoms with van der Waals surface area (Å²) in [6.07, 6.45) is 0. The Bertz CT molecular complexity index is 780.